The van der Waals surface area contributed by atoms with E-state index in [-0.39, 0.29) is 11.2 Å². The van der Waals surface area contributed by atoms with Crippen molar-refractivity contribution in [2.45, 2.75) is 52.3 Å². The van der Waals surface area contributed by atoms with Gasteiger partial charge in [-0.3, -0.25) is 9.79 Å². The van der Waals surface area contributed by atoms with Crippen LogP contribution in [0.3, 0.4) is 0 Å². The summed E-state index contributed by atoms with van der Waals surface area (Å²) in [6, 6.07) is 5.12. The topological polar surface area (TPSA) is 102 Å². The first kappa shape index (κ1) is 23.5. The monoisotopic (exact) mass is 449 g/mol. The fraction of sp³-hybridized carbons (Fsp3) is 0.455. The Morgan fingerprint density at radius 2 is 1.91 bits per heavy atom. The predicted molar refractivity (Wildman–Crippen MR) is 115 cm³/mol. The molecule has 7 nitrogen and oxygen atoms in total. The Bertz CT molecular complexity index is 1030. The first-order valence-electron chi connectivity index (χ1n) is 10.2. The third-order valence-corrected chi connectivity index (χ3v) is 5.38. The summed E-state index contributed by atoms with van der Waals surface area (Å²) in [5, 5.41) is 2.63. The molecule has 3 N–H and O–H groups in total. The van der Waals surface area contributed by atoms with Gasteiger partial charge in [-0.1, -0.05) is 27.7 Å². The minimum atomic E-state index is -4.58. The molecule has 1 aromatic carbocycles. The molecule has 1 aliphatic rings. The molecule has 0 fully saturated rings. The Balaban J connectivity index is 1.91. The Morgan fingerprint density at radius 1 is 1.25 bits per heavy atom. The van der Waals surface area contributed by atoms with Crippen LogP contribution in [0.2, 0.25) is 0 Å². The largest absolute Gasteiger partial charge is 0.493 e. The van der Waals surface area contributed by atoms with Crippen molar-refractivity contribution in [3.63, 3.8) is 0 Å². The first-order chi connectivity index (χ1) is 14.9. The number of hydrogen-bond acceptors (Lipinski definition) is 5. The van der Waals surface area contributed by atoms with Crippen LogP contribution in [0.15, 0.2) is 35.6 Å². The molecule has 1 atom stereocenters. The van der Waals surface area contributed by atoms with Crippen LogP contribution in [-0.4, -0.2) is 28.3 Å². The van der Waals surface area contributed by atoms with Crippen LogP contribution in [0.1, 0.15) is 62.3 Å². The lowest BCUT2D eigenvalue weighted by atomic mass is 9.81. The molecule has 0 radical (unpaired) electrons. The molecule has 0 saturated heterocycles. The van der Waals surface area contributed by atoms with E-state index in [0.29, 0.717) is 49.1 Å². The van der Waals surface area contributed by atoms with Gasteiger partial charge in [0.2, 0.25) is 5.82 Å². The summed E-state index contributed by atoms with van der Waals surface area (Å²) >= 11 is 0. The zero-order valence-corrected chi connectivity index (χ0v) is 18.4. The maximum absolute atomic E-state index is 12.7. The number of aromatic nitrogens is 2. The second kappa shape index (κ2) is 8.40. The molecular formula is C22H26F3N5O2. The molecule has 0 spiro atoms. The number of halogens is 3. The highest BCUT2D eigenvalue weighted by molar-refractivity contribution is 6.01. The van der Waals surface area contributed by atoms with E-state index in [1.54, 1.807) is 18.2 Å². The smallest absolute Gasteiger partial charge is 0.419 e. The maximum atomic E-state index is 12.7. The van der Waals surface area contributed by atoms with Crippen LogP contribution in [-0.2, 0) is 11.7 Å². The van der Waals surface area contributed by atoms with Gasteiger partial charge in [-0.15, -0.1) is 0 Å². The summed E-state index contributed by atoms with van der Waals surface area (Å²) < 4.78 is 43.8. The number of fused-ring (bicyclic) bond motifs is 1. The number of alkyl halides is 3. The number of nitrogens with one attached hydrogen (secondary N) is 1. The minimum Gasteiger partial charge on any atom is -0.493 e. The normalized spacial score (nSPS) is 19.2. The molecule has 3 rings (SSSR count). The molecule has 1 aromatic heterocycles. The number of aliphatic imine (C=N–C) groups is 1. The molecule has 1 aliphatic heterocycles. The van der Waals surface area contributed by atoms with Crippen molar-refractivity contribution >= 4 is 17.4 Å². The number of anilines is 1. The van der Waals surface area contributed by atoms with E-state index in [1.807, 2.05) is 27.7 Å². The van der Waals surface area contributed by atoms with E-state index in [2.05, 4.69) is 15.3 Å². The molecule has 172 valence electrons. The van der Waals surface area contributed by atoms with Crippen molar-refractivity contribution in [2.24, 2.45) is 16.1 Å². The first-order valence-corrected chi connectivity index (χ1v) is 10.2. The number of ether oxygens (including phenoxy) is 1. The van der Waals surface area contributed by atoms with E-state index in [4.69, 9.17) is 15.5 Å². The predicted octanol–water partition coefficient (Wildman–Crippen LogP) is 4.54. The number of benzene rings is 1. The number of rotatable bonds is 4. The van der Waals surface area contributed by atoms with Crippen LogP contribution in [0.5, 0.6) is 5.75 Å². The molecule has 32 heavy (non-hydrogen) atoms. The zero-order chi connectivity index (χ0) is 23.7. The Labute approximate surface area is 184 Å². The Hall–Kier alpha value is -3.17. The number of nitrogens with two attached hydrogens (primary N) is 1. The van der Waals surface area contributed by atoms with Gasteiger partial charge in [-0.05, 0) is 24.6 Å². The van der Waals surface area contributed by atoms with Crippen molar-refractivity contribution < 1.29 is 22.7 Å². The van der Waals surface area contributed by atoms with Crippen LogP contribution in [0, 0.1) is 5.41 Å². The van der Waals surface area contributed by atoms with Gasteiger partial charge in [0, 0.05) is 35.5 Å². The van der Waals surface area contributed by atoms with Gasteiger partial charge in [0.1, 0.15) is 11.6 Å². The van der Waals surface area contributed by atoms with E-state index in [9.17, 15) is 18.0 Å². The molecule has 0 bridgehead atoms. The van der Waals surface area contributed by atoms with Gasteiger partial charge < -0.3 is 15.8 Å². The highest BCUT2D eigenvalue weighted by Crippen LogP contribution is 2.44. The lowest BCUT2D eigenvalue weighted by Gasteiger charge is -2.37. The van der Waals surface area contributed by atoms with Gasteiger partial charge >= 0.3 is 6.18 Å². The number of nitrogens with zero attached hydrogens (tertiary/aromatic N) is 3. The van der Waals surface area contributed by atoms with Crippen molar-refractivity contribution in [1.29, 1.82) is 0 Å². The van der Waals surface area contributed by atoms with Crippen molar-refractivity contribution in [3.8, 4) is 5.75 Å². The quantitative estimate of drug-likeness (QED) is 0.527. The highest BCUT2D eigenvalue weighted by Gasteiger charge is 2.38. The molecule has 1 amide bonds. The van der Waals surface area contributed by atoms with Crippen LogP contribution < -0.4 is 15.8 Å². The number of amides is 1. The SMILES string of the molecule is CC[C@@]1(N=C(N)C(C)(C)C)CCOc2ccc(NC(=O)c3ncc(C(F)(F)F)cn3)cc21. The lowest BCUT2D eigenvalue weighted by molar-refractivity contribution is -0.138. The van der Waals surface area contributed by atoms with Crippen LogP contribution >= 0.6 is 0 Å². The minimum absolute atomic E-state index is 0.313. The van der Waals surface area contributed by atoms with Gasteiger partial charge in [0.05, 0.1) is 17.7 Å². The fourth-order valence-corrected chi connectivity index (χ4v) is 3.30. The van der Waals surface area contributed by atoms with Crippen molar-refractivity contribution in [3.05, 3.63) is 47.5 Å². The standard InChI is InChI=1S/C22H26F3N5O2/c1-5-21(30-19(26)20(2,3)4)8-9-32-16-7-6-14(10-15(16)21)29-18(31)17-27-11-13(12-28-17)22(23,24)25/h6-7,10-12H,5,8-9H2,1-4H3,(H2,26,30)(H,29,31)/t21-/m1/s1. The zero-order valence-electron chi connectivity index (χ0n) is 18.4. The summed E-state index contributed by atoms with van der Waals surface area (Å²) in [5.74, 6) is 0.0612. The number of carbonyl (C=O) groups is 1. The summed E-state index contributed by atoms with van der Waals surface area (Å²) in [4.78, 5) is 24.4. The van der Waals surface area contributed by atoms with Gasteiger partial charge in [-0.2, -0.15) is 13.2 Å². The average Bonchev–Trinajstić information content (AvgIpc) is 2.73. The number of hydrogen-bond donors (Lipinski definition) is 2. The van der Waals surface area contributed by atoms with Gasteiger partial charge in [0.15, 0.2) is 0 Å². The number of amidine groups is 1. The van der Waals surface area contributed by atoms with E-state index >= 15 is 0 Å². The fourth-order valence-electron chi connectivity index (χ4n) is 3.30. The van der Waals surface area contributed by atoms with Crippen molar-refractivity contribution in [1.82, 2.24) is 9.97 Å². The van der Waals surface area contributed by atoms with Gasteiger partial charge in [0.25, 0.3) is 5.91 Å². The molecule has 0 saturated carbocycles. The summed E-state index contributed by atoms with van der Waals surface area (Å²) in [7, 11) is 0. The maximum Gasteiger partial charge on any atom is 0.419 e. The Morgan fingerprint density at radius 3 is 2.47 bits per heavy atom. The molecule has 2 aromatic rings. The average molecular weight is 449 g/mol. The Kier molecular flexibility index (Phi) is 6.17. The molecule has 0 unspecified atom stereocenters. The van der Waals surface area contributed by atoms with Crippen LogP contribution in [0.4, 0.5) is 18.9 Å². The van der Waals surface area contributed by atoms with Gasteiger partial charge in [-0.25, -0.2) is 9.97 Å². The third kappa shape index (κ3) is 4.84. The van der Waals surface area contributed by atoms with E-state index in [0.717, 1.165) is 5.56 Å². The molecule has 10 heteroatoms. The summed E-state index contributed by atoms with van der Waals surface area (Å²) in [5.41, 5.74) is 5.53. The second-order valence-corrected chi connectivity index (χ2v) is 8.69. The van der Waals surface area contributed by atoms with Crippen LogP contribution in [0.25, 0.3) is 0 Å². The molecule has 2 heterocycles. The summed E-state index contributed by atoms with van der Waals surface area (Å²) in [6.45, 7) is 8.44. The third-order valence-electron chi connectivity index (χ3n) is 5.38. The highest BCUT2D eigenvalue weighted by atomic mass is 19.4. The summed E-state index contributed by atoms with van der Waals surface area (Å²) in [6.07, 6.45) is -2.14. The lowest BCUT2D eigenvalue weighted by Crippen LogP contribution is -2.37. The molecular weight excluding hydrogens is 423 g/mol. The molecule has 0 aliphatic carbocycles. The van der Waals surface area contributed by atoms with Crippen molar-refractivity contribution in [2.75, 3.05) is 11.9 Å². The second-order valence-electron chi connectivity index (χ2n) is 8.69. The van der Waals surface area contributed by atoms with E-state index in [1.165, 1.54) is 0 Å². The number of carbonyl (C=O) groups excluding carboxylic acids is 1. The van der Waals surface area contributed by atoms with E-state index < -0.39 is 23.2 Å².